The SMILES string of the molecule is COCCc1ccc(OCC(=O)C(Cc2c[nH]c3ccccc23)C(N)NC(=O)CCc2ccccc2OC)cc1. The normalized spacial score (nSPS) is 12.6. The highest BCUT2D eigenvalue weighted by Crippen LogP contribution is 2.23. The third kappa shape index (κ3) is 7.71. The Hall–Kier alpha value is -4.14. The molecule has 0 spiro atoms. The number of carbonyl (C=O) groups is 2. The molecule has 2 unspecified atom stereocenters. The van der Waals surface area contributed by atoms with Crippen molar-refractivity contribution >= 4 is 22.6 Å². The Morgan fingerprint density at radius 2 is 1.68 bits per heavy atom. The molecule has 1 heterocycles. The molecule has 8 heteroatoms. The summed E-state index contributed by atoms with van der Waals surface area (Å²) in [6.07, 6.45) is 2.87. The fraction of sp³-hybridized carbons (Fsp3) is 0.312. The molecule has 40 heavy (non-hydrogen) atoms. The highest BCUT2D eigenvalue weighted by atomic mass is 16.5. The van der Waals surface area contributed by atoms with Crippen LogP contribution in [0.3, 0.4) is 0 Å². The number of nitrogens with one attached hydrogen (secondary N) is 2. The van der Waals surface area contributed by atoms with Crippen molar-refractivity contribution in [2.45, 2.75) is 31.8 Å². The molecule has 0 aliphatic carbocycles. The molecule has 4 aromatic rings. The number of ketones is 1. The van der Waals surface area contributed by atoms with Gasteiger partial charge in [-0.2, -0.15) is 0 Å². The van der Waals surface area contributed by atoms with E-state index in [0.717, 1.165) is 39.8 Å². The number of aromatic nitrogens is 1. The van der Waals surface area contributed by atoms with E-state index in [9.17, 15) is 9.59 Å². The molecule has 2 atom stereocenters. The minimum Gasteiger partial charge on any atom is -0.496 e. The molecule has 0 saturated heterocycles. The summed E-state index contributed by atoms with van der Waals surface area (Å²) in [6.45, 7) is 0.478. The number of hydrogen-bond donors (Lipinski definition) is 3. The molecule has 0 radical (unpaired) electrons. The van der Waals surface area contributed by atoms with Crippen LogP contribution in [0.2, 0.25) is 0 Å². The van der Waals surface area contributed by atoms with Crippen molar-refractivity contribution in [3.63, 3.8) is 0 Å². The fourth-order valence-corrected chi connectivity index (χ4v) is 4.73. The maximum Gasteiger partial charge on any atom is 0.221 e. The molecule has 0 aliphatic rings. The molecule has 4 N–H and O–H groups in total. The van der Waals surface area contributed by atoms with Gasteiger partial charge in [0.15, 0.2) is 5.78 Å². The summed E-state index contributed by atoms with van der Waals surface area (Å²) in [5, 5.41) is 3.87. The third-order valence-corrected chi connectivity index (χ3v) is 7.00. The van der Waals surface area contributed by atoms with Crippen molar-refractivity contribution < 1.29 is 23.8 Å². The van der Waals surface area contributed by atoms with Gasteiger partial charge in [-0.3, -0.25) is 9.59 Å². The van der Waals surface area contributed by atoms with Crippen LogP contribution in [0.15, 0.2) is 79.0 Å². The van der Waals surface area contributed by atoms with Crippen LogP contribution >= 0.6 is 0 Å². The van der Waals surface area contributed by atoms with Gasteiger partial charge in [0.2, 0.25) is 5.91 Å². The summed E-state index contributed by atoms with van der Waals surface area (Å²) in [5.41, 5.74) is 10.5. The Bertz CT molecular complexity index is 1400. The number of aryl methyl sites for hydroxylation is 1. The molecular weight excluding hydrogens is 506 g/mol. The van der Waals surface area contributed by atoms with Crippen LogP contribution < -0.4 is 20.5 Å². The number of H-pyrrole nitrogens is 1. The van der Waals surface area contributed by atoms with Gasteiger partial charge in [0.05, 0.1) is 25.8 Å². The molecule has 0 bridgehead atoms. The Balaban J connectivity index is 1.43. The monoisotopic (exact) mass is 543 g/mol. The van der Waals surface area contributed by atoms with Crippen LogP contribution in [-0.4, -0.2) is 50.3 Å². The van der Waals surface area contributed by atoms with Crippen LogP contribution in [-0.2, 0) is 33.6 Å². The maximum absolute atomic E-state index is 13.5. The van der Waals surface area contributed by atoms with E-state index >= 15 is 0 Å². The summed E-state index contributed by atoms with van der Waals surface area (Å²) in [4.78, 5) is 29.6. The summed E-state index contributed by atoms with van der Waals surface area (Å²) in [7, 11) is 3.27. The number of benzene rings is 3. The van der Waals surface area contributed by atoms with Gasteiger partial charge in [-0.05, 0) is 60.2 Å². The van der Waals surface area contributed by atoms with E-state index in [0.29, 0.717) is 25.2 Å². The quantitative estimate of drug-likeness (QED) is 0.194. The van der Waals surface area contributed by atoms with Crippen molar-refractivity contribution in [3.05, 3.63) is 95.7 Å². The van der Waals surface area contributed by atoms with Crippen LogP contribution in [0.1, 0.15) is 23.1 Å². The lowest BCUT2D eigenvalue weighted by Crippen LogP contribution is -2.51. The Labute approximate surface area is 234 Å². The molecule has 1 amide bonds. The lowest BCUT2D eigenvalue weighted by atomic mass is 9.92. The van der Waals surface area contributed by atoms with Crippen molar-refractivity contribution in [3.8, 4) is 11.5 Å². The number of hydrogen-bond acceptors (Lipinski definition) is 6. The molecule has 210 valence electrons. The van der Waals surface area contributed by atoms with E-state index in [1.54, 1.807) is 14.2 Å². The number of ether oxygens (including phenoxy) is 3. The predicted octanol–water partition coefficient (Wildman–Crippen LogP) is 4.21. The zero-order valence-electron chi connectivity index (χ0n) is 23.0. The van der Waals surface area contributed by atoms with Gasteiger partial charge in [0, 0.05) is 30.6 Å². The zero-order valence-corrected chi connectivity index (χ0v) is 23.0. The van der Waals surface area contributed by atoms with E-state index < -0.39 is 12.1 Å². The number of fused-ring (bicyclic) bond motifs is 1. The highest BCUT2D eigenvalue weighted by molar-refractivity contribution is 5.87. The number of aromatic amines is 1. The fourth-order valence-electron chi connectivity index (χ4n) is 4.73. The molecule has 0 aliphatic heterocycles. The van der Waals surface area contributed by atoms with Gasteiger partial charge < -0.3 is 30.2 Å². The average molecular weight is 544 g/mol. The molecule has 4 rings (SSSR count). The lowest BCUT2D eigenvalue weighted by molar-refractivity contribution is -0.127. The van der Waals surface area contributed by atoms with Gasteiger partial charge in [-0.1, -0.05) is 48.5 Å². The minimum atomic E-state index is -0.883. The predicted molar refractivity (Wildman–Crippen MR) is 155 cm³/mol. The van der Waals surface area contributed by atoms with Crippen LogP contribution in [0.5, 0.6) is 11.5 Å². The number of carbonyl (C=O) groups excluding carboxylic acids is 2. The number of rotatable bonds is 15. The zero-order chi connectivity index (χ0) is 28.3. The molecule has 3 aromatic carbocycles. The first-order chi connectivity index (χ1) is 19.5. The number of amides is 1. The van der Waals surface area contributed by atoms with Gasteiger partial charge in [-0.25, -0.2) is 0 Å². The minimum absolute atomic E-state index is 0.158. The summed E-state index contributed by atoms with van der Waals surface area (Å²) >= 11 is 0. The number of nitrogens with two attached hydrogens (primary N) is 1. The third-order valence-electron chi connectivity index (χ3n) is 7.00. The van der Waals surface area contributed by atoms with Crippen molar-refractivity contribution in [2.75, 3.05) is 27.4 Å². The molecule has 1 aromatic heterocycles. The Kier molecular flexibility index (Phi) is 10.3. The first kappa shape index (κ1) is 28.9. The van der Waals surface area contributed by atoms with E-state index in [1.165, 1.54) is 0 Å². The smallest absolute Gasteiger partial charge is 0.221 e. The van der Waals surface area contributed by atoms with E-state index in [4.69, 9.17) is 19.9 Å². The summed E-state index contributed by atoms with van der Waals surface area (Å²) in [5.74, 6) is 0.218. The molecule has 0 fully saturated rings. The Morgan fingerprint density at radius 3 is 2.45 bits per heavy atom. The van der Waals surface area contributed by atoms with Gasteiger partial charge >= 0.3 is 0 Å². The summed E-state index contributed by atoms with van der Waals surface area (Å²) < 4.78 is 16.3. The van der Waals surface area contributed by atoms with Crippen molar-refractivity contribution in [1.29, 1.82) is 0 Å². The number of methoxy groups -OCH3 is 2. The maximum atomic E-state index is 13.5. The van der Waals surface area contributed by atoms with Gasteiger partial charge in [0.25, 0.3) is 0 Å². The molecule has 8 nitrogen and oxygen atoms in total. The largest absolute Gasteiger partial charge is 0.496 e. The van der Waals surface area contributed by atoms with Gasteiger partial charge in [0.1, 0.15) is 18.1 Å². The number of para-hydroxylation sites is 2. The van der Waals surface area contributed by atoms with E-state index in [-0.39, 0.29) is 24.7 Å². The topological polar surface area (TPSA) is 116 Å². The number of Topliss-reactive ketones (excluding diaryl/α,β-unsaturated/α-hetero) is 1. The summed E-state index contributed by atoms with van der Waals surface area (Å²) in [6, 6.07) is 23.1. The van der Waals surface area contributed by atoms with Gasteiger partial charge in [-0.15, -0.1) is 0 Å². The molecule has 0 saturated carbocycles. The second-order valence-corrected chi connectivity index (χ2v) is 9.72. The van der Waals surface area contributed by atoms with Crippen LogP contribution in [0.4, 0.5) is 0 Å². The second kappa shape index (κ2) is 14.3. The average Bonchev–Trinajstić information content (AvgIpc) is 3.39. The van der Waals surface area contributed by atoms with Crippen LogP contribution in [0.25, 0.3) is 10.9 Å². The van der Waals surface area contributed by atoms with Crippen LogP contribution in [0, 0.1) is 5.92 Å². The molecular formula is C32H37N3O5. The highest BCUT2D eigenvalue weighted by Gasteiger charge is 2.28. The standard InChI is InChI=1S/C32H37N3O5/c1-38-18-17-22-11-14-25(15-12-22)40-21-29(36)27(19-24-20-34-28-9-5-4-8-26(24)28)32(33)35-31(37)16-13-23-7-3-6-10-30(23)39-2/h3-12,14-15,20,27,32,34H,13,16-19,21,33H2,1-2H3,(H,35,37). The van der Waals surface area contributed by atoms with E-state index in [1.807, 2.05) is 79.0 Å². The van der Waals surface area contributed by atoms with E-state index in [2.05, 4.69) is 10.3 Å². The first-order valence-corrected chi connectivity index (χ1v) is 13.4. The van der Waals surface area contributed by atoms with Crippen molar-refractivity contribution in [1.82, 2.24) is 10.3 Å². The first-order valence-electron chi connectivity index (χ1n) is 13.4. The lowest BCUT2D eigenvalue weighted by Gasteiger charge is -2.24. The second-order valence-electron chi connectivity index (χ2n) is 9.72. The Morgan fingerprint density at radius 1 is 0.925 bits per heavy atom. The van der Waals surface area contributed by atoms with Crippen molar-refractivity contribution in [2.24, 2.45) is 11.7 Å².